The molecule has 1 aliphatic carbocycles. The summed E-state index contributed by atoms with van der Waals surface area (Å²) in [5.41, 5.74) is 0.710. The first-order chi connectivity index (χ1) is 11.8. The molecule has 0 bridgehead atoms. The highest BCUT2D eigenvalue weighted by atomic mass is 19.4. The predicted octanol–water partition coefficient (Wildman–Crippen LogP) is 5.81. The molecule has 25 heavy (non-hydrogen) atoms. The van der Waals surface area contributed by atoms with E-state index in [-0.39, 0.29) is 23.6 Å². The van der Waals surface area contributed by atoms with Crippen molar-refractivity contribution in [2.75, 3.05) is 5.32 Å². The van der Waals surface area contributed by atoms with Crippen LogP contribution in [0.3, 0.4) is 0 Å². The molecule has 0 saturated carbocycles. The van der Waals surface area contributed by atoms with Gasteiger partial charge in [0, 0.05) is 12.0 Å². The lowest BCUT2D eigenvalue weighted by molar-refractivity contribution is -0.137. The third-order valence-electron chi connectivity index (χ3n) is 4.98. The smallest absolute Gasteiger partial charge is 0.375 e. The van der Waals surface area contributed by atoms with Gasteiger partial charge >= 0.3 is 6.18 Å². The number of halogens is 5. The number of anilines is 1. The van der Waals surface area contributed by atoms with Gasteiger partial charge in [-0.25, -0.2) is 8.78 Å². The molecule has 6 heteroatoms. The van der Waals surface area contributed by atoms with Crippen LogP contribution >= 0.6 is 0 Å². The zero-order valence-corrected chi connectivity index (χ0v) is 12.9. The van der Waals surface area contributed by atoms with Crippen LogP contribution in [0.15, 0.2) is 48.6 Å². The third-order valence-corrected chi connectivity index (χ3v) is 4.98. The number of rotatable bonds is 1. The van der Waals surface area contributed by atoms with Crippen molar-refractivity contribution in [3.8, 4) is 0 Å². The zero-order valence-electron chi connectivity index (χ0n) is 12.9. The van der Waals surface area contributed by atoms with Gasteiger partial charge in [-0.15, -0.1) is 0 Å². The van der Waals surface area contributed by atoms with E-state index >= 15 is 0 Å². The number of alkyl halides is 3. The summed E-state index contributed by atoms with van der Waals surface area (Å²) in [6, 6.07) is 6.70. The monoisotopic (exact) mass is 351 g/mol. The van der Waals surface area contributed by atoms with Crippen molar-refractivity contribution in [3.05, 3.63) is 76.9 Å². The predicted molar refractivity (Wildman–Crippen MR) is 84.2 cm³/mol. The highest BCUT2D eigenvalue weighted by molar-refractivity contribution is 5.60. The number of fused-ring (bicyclic) bond motifs is 3. The summed E-state index contributed by atoms with van der Waals surface area (Å²) in [5.74, 6) is -1.48. The first-order valence-corrected chi connectivity index (χ1v) is 7.94. The summed E-state index contributed by atoms with van der Waals surface area (Å²) in [7, 11) is 0. The highest BCUT2D eigenvalue weighted by Gasteiger charge is 2.39. The van der Waals surface area contributed by atoms with Gasteiger partial charge in [0.05, 0.1) is 17.3 Å². The second-order valence-electron chi connectivity index (χ2n) is 6.45. The van der Waals surface area contributed by atoms with Crippen molar-refractivity contribution < 1.29 is 22.0 Å². The van der Waals surface area contributed by atoms with E-state index in [0.717, 1.165) is 18.2 Å². The van der Waals surface area contributed by atoms with E-state index in [0.29, 0.717) is 17.5 Å². The van der Waals surface area contributed by atoms with Crippen molar-refractivity contribution in [2.45, 2.75) is 24.6 Å². The van der Waals surface area contributed by atoms with E-state index in [4.69, 9.17) is 0 Å². The van der Waals surface area contributed by atoms with Crippen LogP contribution in [0.5, 0.6) is 0 Å². The second-order valence-corrected chi connectivity index (χ2v) is 6.45. The molecule has 4 rings (SSSR count). The molecule has 0 saturated heterocycles. The summed E-state index contributed by atoms with van der Waals surface area (Å²) < 4.78 is 66.1. The normalized spacial score (nSPS) is 24.6. The van der Waals surface area contributed by atoms with Gasteiger partial charge in [0.25, 0.3) is 0 Å². The molecule has 130 valence electrons. The average Bonchev–Trinajstić information content (AvgIpc) is 3.03. The molecule has 2 aromatic carbocycles. The van der Waals surface area contributed by atoms with Gasteiger partial charge in [-0.2, -0.15) is 13.2 Å². The van der Waals surface area contributed by atoms with Crippen LogP contribution in [0, 0.1) is 17.6 Å². The Morgan fingerprint density at radius 3 is 2.40 bits per heavy atom. The number of hydrogen-bond donors (Lipinski definition) is 1. The first-order valence-electron chi connectivity index (χ1n) is 7.94. The van der Waals surface area contributed by atoms with Gasteiger partial charge in [-0.05, 0) is 41.7 Å². The van der Waals surface area contributed by atoms with Gasteiger partial charge < -0.3 is 5.32 Å². The minimum atomic E-state index is -4.40. The molecule has 3 atom stereocenters. The van der Waals surface area contributed by atoms with E-state index in [1.165, 1.54) is 18.2 Å². The maximum absolute atomic E-state index is 14.2. The van der Waals surface area contributed by atoms with Crippen molar-refractivity contribution >= 4 is 5.69 Å². The highest BCUT2D eigenvalue weighted by Crippen LogP contribution is 2.50. The number of hydrogen-bond acceptors (Lipinski definition) is 1. The van der Waals surface area contributed by atoms with E-state index < -0.39 is 23.4 Å². The van der Waals surface area contributed by atoms with Crippen LogP contribution in [0.1, 0.15) is 35.1 Å². The summed E-state index contributed by atoms with van der Waals surface area (Å²) in [5, 5.41) is 3.08. The summed E-state index contributed by atoms with van der Waals surface area (Å²) >= 11 is 0. The summed E-state index contributed by atoms with van der Waals surface area (Å²) in [6.45, 7) is 0. The SMILES string of the molecule is Fc1cc(F)c2c(c1)[C@@H]1C=CC[C@@H]1[C@H](c1ccc(C(F)(F)F)cc1)N2. The lowest BCUT2D eigenvalue weighted by Gasteiger charge is -2.37. The fraction of sp³-hybridized carbons (Fsp3) is 0.263. The number of benzene rings is 2. The topological polar surface area (TPSA) is 12.0 Å². The van der Waals surface area contributed by atoms with Gasteiger partial charge in [-0.3, -0.25) is 0 Å². The molecule has 0 amide bonds. The van der Waals surface area contributed by atoms with Crippen molar-refractivity contribution in [1.82, 2.24) is 0 Å². The molecule has 0 radical (unpaired) electrons. The standard InChI is InChI=1S/C19H14F5N/c20-12-8-15-13-2-1-3-14(13)17(25-18(15)16(21)9-12)10-4-6-11(7-5-10)19(22,23)24/h1-2,4-9,13-14,17,25H,3H2/t13-,14+,17+/m1/s1. The largest absolute Gasteiger partial charge is 0.416 e. The van der Waals surface area contributed by atoms with Gasteiger partial charge in [0.1, 0.15) is 11.6 Å². The number of allylic oxidation sites excluding steroid dienone is 2. The lowest BCUT2D eigenvalue weighted by atomic mass is 9.77. The molecule has 2 aromatic rings. The zero-order chi connectivity index (χ0) is 17.8. The molecule has 0 unspecified atom stereocenters. The van der Waals surface area contributed by atoms with Gasteiger partial charge in [-0.1, -0.05) is 24.3 Å². The van der Waals surface area contributed by atoms with Crippen LogP contribution in [-0.4, -0.2) is 0 Å². The lowest BCUT2D eigenvalue weighted by Crippen LogP contribution is -2.30. The van der Waals surface area contributed by atoms with E-state index in [1.807, 2.05) is 12.2 Å². The summed E-state index contributed by atoms with van der Waals surface area (Å²) in [6.07, 6.45) is 0.166. The fourth-order valence-corrected chi connectivity index (χ4v) is 3.83. The van der Waals surface area contributed by atoms with E-state index in [1.54, 1.807) is 0 Å². The minimum Gasteiger partial charge on any atom is -0.375 e. The maximum Gasteiger partial charge on any atom is 0.416 e. The molecule has 0 aromatic heterocycles. The Labute approximate surface area is 141 Å². The van der Waals surface area contributed by atoms with Crippen molar-refractivity contribution in [1.29, 1.82) is 0 Å². The molecule has 0 fully saturated rings. The number of nitrogens with one attached hydrogen (secondary N) is 1. The van der Waals surface area contributed by atoms with E-state index in [9.17, 15) is 22.0 Å². The Kier molecular flexibility index (Phi) is 3.60. The molecule has 1 heterocycles. The van der Waals surface area contributed by atoms with E-state index in [2.05, 4.69) is 5.32 Å². The van der Waals surface area contributed by atoms with Crippen LogP contribution in [0.4, 0.5) is 27.6 Å². The first kappa shape index (κ1) is 16.1. The minimum absolute atomic E-state index is 0.00503. The molecule has 0 spiro atoms. The molecular formula is C19H14F5N. The Hall–Kier alpha value is -2.37. The van der Waals surface area contributed by atoms with Crippen molar-refractivity contribution in [3.63, 3.8) is 0 Å². The Balaban J connectivity index is 1.74. The molecule has 1 nitrogen and oxygen atoms in total. The summed E-state index contributed by atoms with van der Waals surface area (Å²) in [4.78, 5) is 0. The van der Waals surface area contributed by atoms with Crippen LogP contribution in [0.2, 0.25) is 0 Å². The molecule has 1 aliphatic heterocycles. The molecule has 1 N–H and O–H groups in total. The van der Waals surface area contributed by atoms with Crippen LogP contribution in [0.25, 0.3) is 0 Å². The molecular weight excluding hydrogens is 337 g/mol. The van der Waals surface area contributed by atoms with Crippen LogP contribution < -0.4 is 5.32 Å². The Morgan fingerprint density at radius 1 is 1.00 bits per heavy atom. The maximum atomic E-state index is 14.2. The average molecular weight is 351 g/mol. The van der Waals surface area contributed by atoms with Crippen molar-refractivity contribution in [2.24, 2.45) is 5.92 Å². The van der Waals surface area contributed by atoms with Crippen LogP contribution in [-0.2, 0) is 6.18 Å². The Morgan fingerprint density at radius 2 is 1.72 bits per heavy atom. The second kappa shape index (κ2) is 5.58. The quantitative estimate of drug-likeness (QED) is 0.505. The third kappa shape index (κ3) is 2.69. The fourth-order valence-electron chi connectivity index (χ4n) is 3.83. The molecule has 2 aliphatic rings. The van der Waals surface area contributed by atoms with Gasteiger partial charge in [0.15, 0.2) is 0 Å². The van der Waals surface area contributed by atoms with Gasteiger partial charge in [0.2, 0.25) is 0 Å². The Bertz CT molecular complexity index is 838.